The van der Waals surface area contributed by atoms with E-state index in [4.69, 9.17) is 11.6 Å². The molecule has 7 heteroatoms. The van der Waals surface area contributed by atoms with Crippen LogP contribution < -0.4 is 5.32 Å². The van der Waals surface area contributed by atoms with Crippen LogP contribution in [0.1, 0.15) is 18.4 Å². The van der Waals surface area contributed by atoms with E-state index < -0.39 is 5.25 Å². The van der Waals surface area contributed by atoms with Crippen molar-refractivity contribution in [2.75, 3.05) is 18.4 Å². The van der Waals surface area contributed by atoms with Crippen molar-refractivity contribution in [3.8, 4) is 0 Å². The van der Waals surface area contributed by atoms with Crippen molar-refractivity contribution < 1.29 is 9.59 Å². The highest BCUT2D eigenvalue weighted by Crippen LogP contribution is 2.29. The average Bonchev–Trinajstić information content (AvgIpc) is 2.51. The summed E-state index contributed by atoms with van der Waals surface area (Å²) in [5, 5.41) is 3.75. The van der Waals surface area contributed by atoms with Crippen LogP contribution in [0, 0.1) is 6.92 Å². The first kappa shape index (κ1) is 15.4. The van der Waals surface area contributed by atoms with Crippen LogP contribution in [0.15, 0.2) is 23.2 Å². The maximum absolute atomic E-state index is 12.4. The molecule has 1 atom stereocenters. The molecule has 2 aliphatic rings. The average molecular weight is 338 g/mol. The van der Waals surface area contributed by atoms with Gasteiger partial charge >= 0.3 is 0 Å². The van der Waals surface area contributed by atoms with Crippen LogP contribution >= 0.6 is 23.4 Å². The van der Waals surface area contributed by atoms with Gasteiger partial charge in [-0.1, -0.05) is 23.4 Å². The molecular weight excluding hydrogens is 322 g/mol. The van der Waals surface area contributed by atoms with Crippen molar-refractivity contribution in [2.45, 2.75) is 25.0 Å². The van der Waals surface area contributed by atoms with E-state index in [9.17, 15) is 9.59 Å². The highest BCUT2D eigenvalue weighted by molar-refractivity contribution is 8.15. The van der Waals surface area contributed by atoms with Crippen LogP contribution in [0.25, 0.3) is 0 Å². The summed E-state index contributed by atoms with van der Waals surface area (Å²) in [6.07, 6.45) is 1.10. The van der Waals surface area contributed by atoms with Crippen molar-refractivity contribution in [1.29, 1.82) is 0 Å². The fourth-order valence-electron chi connectivity index (χ4n) is 2.45. The maximum Gasteiger partial charge on any atom is 0.238 e. The third-order valence-electron chi connectivity index (χ3n) is 3.64. The fraction of sp³-hybridized carbons (Fsp3) is 0.400. The van der Waals surface area contributed by atoms with E-state index in [0.717, 1.165) is 18.5 Å². The largest absolute Gasteiger partial charge is 0.325 e. The minimum Gasteiger partial charge on any atom is -0.325 e. The summed E-state index contributed by atoms with van der Waals surface area (Å²) in [5.74, 6) is -0.197. The van der Waals surface area contributed by atoms with Gasteiger partial charge in [0, 0.05) is 30.2 Å². The molecular formula is C15H16ClN3O2S. The molecule has 1 aromatic carbocycles. The number of benzene rings is 1. The van der Waals surface area contributed by atoms with Crippen LogP contribution in [0.3, 0.4) is 0 Å². The smallest absolute Gasteiger partial charge is 0.238 e. The number of carbonyl (C=O) groups excluding carboxylic acids is 2. The zero-order valence-electron chi connectivity index (χ0n) is 12.1. The molecule has 3 rings (SSSR count). The first-order valence-electron chi connectivity index (χ1n) is 7.13. The Morgan fingerprint density at radius 1 is 1.50 bits per heavy atom. The lowest BCUT2D eigenvalue weighted by Gasteiger charge is -2.33. The zero-order chi connectivity index (χ0) is 15.7. The third kappa shape index (κ3) is 3.13. The Balaban J connectivity index is 1.71. The van der Waals surface area contributed by atoms with Gasteiger partial charge in [0.25, 0.3) is 0 Å². The fourth-order valence-corrected chi connectivity index (χ4v) is 3.70. The molecule has 0 spiro atoms. The molecule has 1 unspecified atom stereocenters. The number of thioether (sulfide) groups is 1. The van der Waals surface area contributed by atoms with Crippen molar-refractivity contribution in [3.05, 3.63) is 28.8 Å². The summed E-state index contributed by atoms with van der Waals surface area (Å²) in [4.78, 5) is 30.6. The number of halogens is 1. The zero-order valence-corrected chi connectivity index (χ0v) is 13.7. The Bertz CT molecular complexity index is 662. The predicted molar refractivity (Wildman–Crippen MR) is 89.4 cm³/mol. The van der Waals surface area contributed by atoms with E-state index in [2.05, 4.69) is 10.3 Å². The molecule has 5 nitrogen and oxygen atoms in total. The van der Waals surface area contributed by atoms with Crippen molar-refractivity contribution >= 4 is 46.0 Å². The number of amides is 2. The molecule has 1 fully saturated rings. The minimum atomic E-state index is -0.434. The molecule has 0 saturated carbocycles. The molecule has 1 saturated heterocycles. The molecule has 116 valence electrons. The van der Waals surface area contributed by atoms with E-state index in [1.807, 2.05) is 13.0 Å². The van der Waals surface area contributed by atoms with Gasteiger partial charge in [0.1, 0.15) is 5.25 Å². The van der Waals surface area contributed by atoms with E-state index >= 15 is 0 Å². The lowest BCUT2D eigenvalue weighted by molar-refractivity contribution is -0.129. The van der Waals surface area contributed by atoms with Crippen molar-refractivity contribution in [1.82, 2.24) is 4.90 Å². The highest BCUT2D eigenvalue weighted by atomic mass is 35.5. The lowest BCUT2D eigenvalue weighted by Crippen LogP contribution is -2.47. The van der Waals surface area contributed by atoms with E-state index in [-0.39, 0.29) is 18.2 Å². The number of rotatable bonds is 2. The van der Waals surface area contributed by atoms with Crippen molar-refractivity contribution in [3.63, 3.8) is 0 Å². The van der Waals surface area contributed by atoms with Crippen LogP contribution in [-0.4, -0.2) is 40.2 Å². The number of nitrogens with one attached hydrogen (secondary N) is 1. The second-order valence-corrected chi connectivity index (χ2v) is 6.90. The molecule has 0 aromatic heterocycles. The Morgan fingerprint density at radius 3 is 3.09 bits per heavy atom. The van der Waals surface area contributed by atoms with Gasteiger partial charge in [0.05, 0.1) is 0 Å². The van der Waals surface area contributed by atoms with Gasteiger partial charge in [0.15, 0.2) is 5.17 Å². The Labute approximate surface area is 138 Å². The van der Waals surface area contributed by atoms with Crippen LogP contribution in [0.2, 0.25) is 5.02 Å². The first-order valence-corrected chi connectivity index (χ1v) is 8.39. The second kappa shape index (κ2) is 6.30. The number of amidine groups is 1. The first-order chi connectivity index (χ1) is 10.5. The molecule has 2 amide bonds. The summed E-state index contributed by atoms with van der Waals surface area (Å²) in [7, 11) is 0. The highest BCUT2D eigenvalue weighted by Gasteiger charge is 2.36. The number of aliphatic imine (C=N–C) groups is 1. The number of nitrogens with zero attached hydrogens (tertiary/aromatic N) is 2. The van der Waals surface area contributed by atoms with Crippen molar-refractivity contribution in [2.24, 2.45) is 4.99 Å². The van der Waals surface area contributed by atoms with Gasteiger partial charge in [-0.25, -0.2) is 0 Å². The number of carbonyl (C=O) groups is 2. The topological polar surface area (TPSA) is 61.8 Å². The molecule has 1 N–H and O–H groups in total. The van der Waals surface area contributed by atoms with Gasteiger partial charge in [0.2, 0.25) is 11.8 Å². The normalized spacial score (nSPS) is 21.2. The van der Waals surface area contributed by atoms with E-state index in [1.54, 1.807) is 17.0 Å². The monoisotopic (exact) mass is 337 g/mol. The summed E-state index contributed by atoms with van der Waals surface area (Å²) in [6.45, 7) is 3.30. The van der Waals surface area contributed by atoms with Gasteiger partial charge in [-0.2, -0.15) is 0 Å². The molecule has 2 aliphatic heterocycles. The van der Waals surface area contributed by atoms with Gasteiger partial charge < -0.3 is 5.32 Å². The summed E-state index contributed by atoms with van der Waals surface area (Å²) in [5.41, 5.74) is 1.59. The van der Waals surface area contributed by atoms with Gasteiger partial charge in [-0.3, -0.25) is 19.5 Å². The Hall–Kier alpha value is -1.53. The molecule has 2 heterocycles. The molecule has 0 bridgehead atoms. The standard InChI is InChI=1S/C15H16ClN3O2S/c1-9-7-10(3-4-11(9)16)18-14(21)12-8-13(20)19-6-2-5-17-15(19)22-12/h3-4,7,12H,2,5-6,8H2,1H3,(H,18,21). The van der Waals surface area contributed by atoms with Crippen LogP contribution in [0.4, 0.5) is 5.69 Å². The summed E-state index contributed by atoms with van der Waals surface area (Å²) >= 11 is 7.35. The Morgan fingerprint density at radius 2 is 2.32 bits per heavy atom. The SMILES string of the molecule is Cc1cc(NC(=O)C2CC(=O)N3CCCN=C3S2)ccc1Cl. The predicted octanol–water partition coefficient (Wildman–Crippen LogP) is 2.68. The quantitative estimate of drug-likeness (QED) is 0.902. The number of aryl methyl sites for hydroxylation is 1. The summed E-state index contributed by atoms with van der Waals surface area (Å²) in [6, 6.07) is 5.32. The number of hydrogen-bond acceptors (Lipinski definition) is 4. The summed E-state index contributed by atoms with van der Waals surface area (Å²) < 4.78 is 0. The van der Waals surface area contributed by atoms with E-state index in [1.165, 1.54) is 11.8 Å². The molecule has 22 heavy (non-hydrogen) atoms. The molecule has 0 radical (unpaired) electrons. The lowest BCUT2D eigenvalue weighted by atomic mass is 10.2. The number of fused-ring (bicyclic) bond motifs is 1. The van der Waals surface area contributed by atoms with Gasteiger partial charge in [-0.15, -0.1) is 0 Å². The third-order valence-corrected chi connectivity index (χ3v) is 5.29. The number of anilines is 1. The van der Waals surface area contributed by atoms with Crippen LogP contribution in [0.5, 0.6) is 0 Å². The number of hydrogen-bond donors (Lipinski definition) is 1. The minimum absolute atomic E-state index is 0.0235. The van der Waals surface area contributed by atoms with Gasteiger partial charge in [-0.05, 0) is 37.1 Å². The Kier molecular flexibility index (Phi) is 4.40. The van der Waals surface area contributed by atoms with Crippen LogP contribution in [-0.2, 0) is 9.59 Å². The molecule has 0 aliphatic carbocycles. The second-order valence-electron chi connectivity index (χ2n) is 5.33. The maximum atomic E-state index is 12.4. The molecule has 1 aromatic rings. The van der Waals surface area contributed by atoms with E-state index in [0.29, 0.717) is 22.4 Å².